The Labute approximate surface area is 198 Å². The summed E-state index contributed by atoms with van der Waals surface area (Å²) in [5, 5.41) is 6.57. The molecule has 0 spiro atoms. The molecule has 0 unspecified atom stereocenters. The highest BCUT2D eigenvalue weighted by molar-refractivity contribution is 5.97. The summed E-state index contributed by atoms with van der Waals surface area (Å²) >= 11 is 0. The van der Waals surface area contributed by atoms with Crippen molar-refractivity contribution < 1.29 is 19.1 Å². The lowest BCUT2D eigenvalue weighted by atomic mass is 10.1. The molecule has 34 heavy (non-hydrogen) atoms. The molecule has 2 aromatic carbocycles. The SMILES string of the molecule is COc1ccc([C@H](C)NC(=O)[C@@H]2CCCN2C(=O)CNC(=O)c2ccc3ccccc3n2)cc1. The fourth-order valence-corrected chi connectivity index (χ4v) is 4.16. The van der Waals surface area contributed by atoms with Crippen LogP contribution in [0.3, 0.4) is 0 Å². The summed E-state index contributed by atoms with van der Waals surface area (Å²) in [4.78, 5) is 44.2. The maximum atomic E-state index is 12.9. The van der Waals surface area contributed by atoms with Gasteiger partial charge in [-0.15, -0.1) is 0 Å². The highest BCUT2D eigenvalue weighted by Gasteiger charge is 2.34. The summed E-state index contributed by atoms with van der Waals surface area (Å²) in [6.45, 7) is 2.20. The highest BCUT2D eigenvalue weighted by Crippen LogP contribution is 2.21. The van der Waals surface area contributed by atoms with Crippen molar-refractivity contribution in [3.63, 3.8) is 0 Å². The highest BCUT2D eigenvalue weighted by atomic mass is 16.5. The first-order valence-electron chi connectivity index (χ1n) is 11.3. The van der Waals surface area contributed by atoms with Crippen LogP contribution in [0.15, 0.2) is 60.7 Å². The Bertz CT molecular complexity index is 1190. The average Bonchev–Trinajstić information content (AvgIpc) is 3.37. The van der Waals surface area contributed by atoms with Gasteiger partial charge in [-0.05, 0) is 49.6 Å². The third-order valence-electron chi connectivity index (χ3n) is 6.08. The topological polar surface area (TPSA) is 101 Å². The predicted octanol–water partition coefficient (Wildman–Crippen LogP) is 2.84. The van der Waals surface area contributed by atoms with Gasteiger partial charge in [-0.1, -0.05) is 36.4 Å². The van der Waals surface area contributed by atoms with Crippen LogP contribution in [0.4, 0.5) is 0 Å². The summed E-state index contributed by atoms with van der Waals surface area (Å²) in [6.07, 6.45) is 1.33. The second kappa shape index (κ2) is 10.3. The second-order valence-electron chi connectivity index (χ2n) is 8.32. The molecule has 4 rings (SSSR count). The van der Waals surface area contributed by atoms with Crippen LogP contribution < -0.4 is 15.4 Å². The van der Waals surface area contributed by atoms with Crippen molar-refractivity contribution in [3.05, 3.63) is 71.9 Å². The van der Waals surface area contributed by atoms with Crippen LogP contribution in [0.2, 0.25) is 0 Å². The zero-order valence-electron chi connectivity index (χ0n) is 19.3. The van der Waals surface area contributed by atoms with Crippen molar-refractivity contribution in [2.45, 2.75) is 31.8 Å². The number of pyridine rings is 1. The number of carbonyl (C=O) groups is 3. The van der Waals surface area contributed by atoms with E-state index in [4.69, 9.17) is 4.74 Å². The number of hydrogen-bond donors (Lipinski definition) is 2. The summed E-state index contributed by atoms with van der Waals surface area (Å²) in [5.74, 6) is -0.163. The van der Waals surface area contributed by atoms with Crippen molar-refractivity contribution in [2.75, 3.05) is 20.2 Å². The maximum Gasteiger partial charge on any atom is 0.270 e. The number of nitrogens with one attached hydrogen (secondary N) is 2. The van der Waals surface area contributed by atoms with Gasteiger partial charge < -0.3 is 20.3 Å². The van der Waals surface area contributed by atoms with Gasteiger partial charge in [0.05, 0.1) is 25.2 Å². The lowest BCUT2D eigenvalue weighted by Gasteiger charge is -2.26. The summed E-state index contributed by atoms with van der Waals surface area (Å²) in [6, 6.07) is 17.7. The fourth-order valence-electron chi connectivity index (χ4n) is 4.16. The standard InChI is InChI=1S/C26H28N4O4/c1-17(18-9-12-20(34-2)13-10-18)28-26(33)23-8-5-15-30(23)24(31)16-27-25(32)22-14-11-19-6-3-4-7-21(19)29-22/h3-4,6-7,9-14,17,23H,5,8,15-16H2,1-2H3,(H,27,32)(H,28,33)/t17-,23-/m0/s1. The molecule has 2 atom stereocenters. The smallest absolute Gasteiger partial charge is 0.270 e. The van der Waals surface area contributed by atoms with E-state index in [2.05, 4.69) is 15.6 Å². The van der Waals surface area contributed by atoms with Crippen LogP contribution in [0, 0.1) is 0 Å². The Morgan fingerprint density at radius 1 is 1.09 bits per heavy atom. The molecule has 2 N–H and O–H groups in total. The molecule has 1 aliphatic rings. The van der Waals surface area contributed by atoms with Gasteiger partial charge in [0.1, 0.15) is 17.5 Å². The Kier molecular flexibility index (Phi) is 7.06. The van der Waals surface area contributed by atoms with E-state index in [0.717, 1.165) is 23.1 Å². The Balaban J connectivity index is 1.33. The van der Waals surface area contributed by atoms with Gasteiger partial charge in [-0.3, -0.25) is 14.4 Å². The monoisotopic (exact) mass is 460 g/mol. The minimum atomic E-state index is -0.552. The summed E-state index contributed by atoms with van der Waals surface area (Å²) < 4.78 is 5.17. The van der Waals surface area contributed by atoms with Gasteiger partial charge >= 0.3 is 0 Å². The normalized spacial score (nSPS) is 16.2. The third-order valence-corrected chi connectivity index (χ3v) is 6.08. The van der Waals surface area contributed by atoms with E-state index in [0.29, 0.717) is 18.5 Å². The van der Waals surface area contributed by atoms with Crippen LogP contribution >= 0.6 is 0 Å². The lowest BCUT2D eigenvalue weighted by molar-refractivity contribution is -0.137. The number of rotatable bonds is 7. The molecule has 176 valence electrons. The van der Waals surface area contributed by atoms with Gasteiger partial charge in [-0.2, -0.15) is 0 Å². The summed E-state index contributed by atoms with van der Waals surface area (Å²) in [7, 11) is 1.60. The maximum absolute atomic E-state index is 12.9. The number of ether oxygens (including phenoxy) is 1. The van der Waals surface area contributed by atoms with Crippen LogP contribution in [0.5, 0.6) is 5.75 Å². The fraction of sp³-hybridized carbons (Fsp3) is 0.308. The number of para-hydroxylation sites is 1. The average molecular weight is 461 g/mol. The first-order chi connectivity index (χ1) is 16.5. The molecule has 2 heterocycles. The van der Waals surface area contributed by atoms with Crippen molar-refractivity contribution >= 4 is 28.6 Å². The molecule has 3 aromatic rings. The number of methoxy groups -OCH3 is 1. The number of carbonyl (C=O) groups excluding carboxylic acids is 3. The van der Waals surface area contributed by atoms with Crippen molar-refractivity contribution in [1.82, 2.24) is 20.5 Å². The Morgan fingerprint density at radius 3 is 2.62 bits per heavy atom. The van der Waals surface area contributed by atoms with E-state index in [9.17, 15) is 14.4 Å². The van der Waals surface area contributed by atoms with Crippen molar-refractivity contribution in [2.24, 2.45) is 0 Å². The molecule has 1 fully saturated rings. The van der Waals surface area contributed by atoms with Gasteiger partial charge in [0.25, 0.3) is 5.91 Å². The molecule has 8 heteroatoms. The van der Waals surface area contributed by atoms with E-state index in [1.807, 2.05) is 61.5 Å². The van der Waals surface area contributed by atoms with Gasteiger partial charge in [-0.25, -0.2) is 4.98 Å². The molecule has 3 amide bonds. The van der Waals surface area contributed by atoms with Crippen LogP contribution in [0.1, 0.15) is 41.9 Å². The molecule has 0 aliphatic carbocycles. The third kappa shape index (κ3) is 5.17. The lowest BCUT2D eigenvalue weighted by Crippen LogP contribution is -2.49. The van der Waals surface area contributed by atoms with Crippen LogP contribution in [-0.4, -0.2) is 53.8 Å². The molecular weight excluding hydrogens is 432 g/mol. The van der Waals surface area contributed by atoms with Gasteiger partial charge in [0.2, 0.25) is 11.8 Å². The zero-order valence-corrected chi connectivity index (χ0v) is 19.3. The van der Waals surface area contributed by atoms with Gasteiger partial charge in [0.15, 0.2) is 0 Å². The minimum absolute atomic E-state index is 0.189. The number of likely N-dealkylation sites (tertiary alicyclic amines) is 1. The van der Waals surface area contributed by atoms with Crippen LogP contribution in [-0.2, 0) is 9.59 Å². The number of amides is 3. The van der Waals surface area contributed by atoms with E-state index in [1.165, 1.54) is 0 Å². The van der Waals surface area contributed by atoms with E-state index < -0.39 is 11.9 Å². The van der Waals surface area contributed by atoms with Crippen molar-refractivity contribution in [1.29, 1.82) is 0 Å². The van der Waals surface area contributed by atoms with E-state index >= 15 is 0 Å². The number of aromatic nitrogens is 1. The molecule has 1 aliphatic heterocycles. The Hall–Kier alpha value is -3.94. The Morgan fingerprint density at radius 2 is 1.85 bits per heavy atom. The molecule has 1 saturated heterocycles. The second-order valence-corrected chi connectivity index (χ2v) is 8.32. The van der Waals surface area contributed by atoms with E-state index in [1.54, 1.807) is 18.1 Å². The predicted molar refractivity (Wildman–Crippen MR) is 128 cm³/mol. The quantitative estimate of drug-likeness (QED) is 0.565. The largest absolute Gasteiger partial charge is 0.497 e. The molecule has 0 saturated carbocycles. The summed E-state index contributed by atoms with van der Waals surface area (Å²) in [5.41, 5.74) is 1.90. The van der Waals surface area contributed by atoms with Crippen LogP contribution in [0.25, 0.3) is 10.9 Å². The molecule has 8 nitrogen and oxygen atoms in total. The molecule has 0 bridgehead atoms. The first-order valence-corrected chi connectivity index (χ1v) is 11.3. The van der Waals surface area contributed by atoms with E-state index in [-0.39, 0.29) is 30.1 Å². The molecule has 0 radical (unpaired) electrons. The zero-order chi connectivity index (χ0) is 24.1. The first kappa shape index (κ1) is 23.2. The van der Waals surface area contributed by atoms with Gasteiger partial charge in [0, 0.05) is 11.9 Å². The number of benzene rings is 2. The molecular formula is C26H28N4O4. The number of hydrogen-bond acceptors (Lipinski definition) is 5. The molecule has 1 aromatic heterocycles. The number of nitrogens with zero attached hydrogens (tertiary/aromatic N) is 2. The van der Waals surface area contributed by atoms with Crippen molar-refractivity contribution in [3.8, 4) is 5.75 Å². The number of fused-ring (bicyclic) bond motifs is 1. The minimum Gasteiger partial charge on any atom is -0.497 e.